The summed E-state index contributed by atoms with van der Waals surface area (Å²) >= 11 is 4.52. The van der Waals surface area contributed by atoms with Crippen LogP contribution in [-0.4, -0.2) is 17.2 Å². The maximum atomic E-state index is 12.4. The van der Waals surface area contributed by atoms with Gasteiger partial charge in [0.2, 0.25) is 0 Å². The molecule has 6 nitrogen and oxygen atoms in total. The highest BCUT2D eigenvalue weighted by molar-refractivity contribution is 9.10. The number of fused-ring (bicyclic) bond motifs is 1. The summed E-state index contributed by atoms with van der Waals surface area (Å²) in [5, 5.41) is 22.6. The zero-order valence-electron chi connectivity index (χ0n) is 15.5. The molecular formula is C22H13BrN2O4S. The number of nitriles is 1. The summed E-state index contributed by atoms with van der Waals surface area (Å²) in [5.74, 6) is 0.259. The van der Waals surface area contributed by atoms with Crippen molar-refractivity contribution in [3.63, 3.8) is 0 Å². The lowest BCUT2D eigenvalue weighted by molar-refractivity contribution is 0.372. The Labute approximate surface area is 183 Å². The van der Waals surface area contributed by atoms with E-state index in [9.17, 15) is 15.2 Å². The molecule has 148 valence electrons. The summed E-state index contributed by atoms with van der Waals surface area (Å²) < 4.78 is 11.0. The first kappa shape index (κ1) is 19.9. The number of benzene rings is 2. The number of hydrogen-bond acceptors (Lipinski definition) is 7. The highest BCUT2D eigenvalue weighted by Gasteiger charge is 2.15. The van der Waals surface area contributed by atoms with Crippen molar-refractivity contribution in [3.05, 3.63) is 73.3 Å². The van der Waals surface area contributed by atoms with Gasteiger partial charge in [0.25, 0.3) is 0 Å². The van der Waals surface area contributed by atoms with Crippen LogP contribution < -0.4 is 10.4 Å². The number of hydrogen-bond donors (Lipinski definition) is 1. The summed E-state index contributed by atoms with van der Waals surface area (Å²) in [6.07, 6.45) is 1.64. The van der Waals surface area contributed by atoms with E-state index < -0.39 is 5.63 Å². The smallest absolute Gasteiger partial charge is 0.345 e. The van der Waals surface area contributed by atoms with Crippen molar-refractivity contribution in [1.29, 1.82) is 5.26 Å². The summed E-state index contributed by atoms with van der Waals surface area (Å²) in [6.45, 7) is 0. The van der Waals surface area contributed by atoms with Crippen molar-refractivity contribution >= 4 is 49.9 Å². The predicted molar refractivity (Wildman–Crippen MR) is 119 cm³/mol. The molecule has 0 radical (unpaired) electrons. The SMILES string of the molecule is COc1cc(/C=C(/C#N)c2nc(-c3cc4ccccc4oc3=O)cs2)cc(Br)c1O. The average molecular weight is 481 g/mol. The number of phenols is 1. The Hall–Kier alpha value is -3.41. The van der Waals surface area contributed by atoms with Crippen molar-refractivity contribution in [2.75, 3.05) is 7.11 Å². The molecule has 1 N–H and O–H groups in total. The lowest BCUT2D eigenvalue weighted by atomic mass is 10.1. The summed E-state index contributed by atoms with van der Waals surface area (Å²) in [7, 11) is 1.45. The maximum absolute atomic E-state index is 12.4. The van der Waals surface area contributed by atoms with Crippen LogP contribution in [0.15, 0.2) is 61.5 Å². The van der Waals surface area contributed by atoms with Gasteiger partial charge in [-0.05, 0) is 51.8 Å². The zero-order valence-corrected chi connectivity index (χ0v) is 18.0. The van der Waals surface area contributed by atoms with Crippen LogP contribution in [0.3, 0.4) is 0 Å². The molecule has 0 aliphatic carbocycles. The van der Waals surface area contributed by atoms with E-state index in [0.717, 1.165) is 5.39 Å². The van der Waals surface area contributed by atoms with E-state index in [4.69, 9.17) is 9.15 Å². The first-order valence-corrected chi connectivity index (χ1v) is 10.3. The summed E-state index contributed by atoms with van der Waals surface area (Å²) in [6, 6.07) is 14.4. The van der Waals surface area contributed by atoms with Crippen molar-refractivity contribution < 1.29 is 14.3 Å². The Kier molecular flexibility index (Phi) is 5.40. The Balaban J connectivity index is 1.75. The highest BCUT2D eigenvalue weighted by Crippen LogP contribution is 2.36. The fourth-order valence-corrected chi connectivity index (χ4v) is 4.15. The highest BCUT2D eigenvalue weighted by atomic mass is 79.9. The van der Waals surface area contributed by atoms with E-state index in [1.807, 2.05) is 12.1 Å². The number of halogens is 1. The van der Waals surface area contributed by atoms with Crippen molar-refractivity contribution in [3.8, 4) is 28.8 Å². The molecule has 0 unspecified atom stereocenters. The molecule has 0 amide bonds. The van der Waals surface area contributed by atoms with Crippen molar-refractivity contribution in [2.45, 2.75) is 0 Å². The van der Waals surface area contributed by atoms with Gasteiger partial charge in [-0.25, -0.2) is 9.78 Å². The second kappa shape index (κ2) is 8.14. The molecule has 4 aromatic rings. The number of para-hydroxylation sites is 1. The van der Waals surface area contributed by atoms with Crippen molar-refractivity contribution in [1.82, 2.24) is 4.98 Å². The first-order chi connectivity index (χ1) is 14.5. The van der Waals surface area contributed by atoms with Crippen molar-refractivity contribution in [2.24, 2.45) is 0 Å². The number of thiazole rings is 1. The third-order valence-electron chi connectivity index (χ3n) is 4.35. The normalized spacial score (nSPS) is 11.4. The van der Waals surface area contributed by atoms with E-state index in [1.165, 1.54) is 18.4 Å². The number of allylic oxidation sites excluding steroid dienone is 1. The molecule has 0 aliphatic heterocycles. The molecule has 0 atom stereocenters. The topological polar surface area (TPSA) is 96.4 Å². The molecule has 0 fully saturated rings. The molecule has 0 bridgehead atoms. The molecule has 0 spiro atoms. The van der Waals surface area contributed by atoms with Crippen LogP contribution in [0.1, 0.15) is 10.6 Å². The van der Waals surface area contributed by atoms with Crippen LogP contribution >= 0.6 is 27.3 Å². The van der Waals surface area contributed by atoms with Crippen LogP contribution in [0.25, 0.3) is 33.9 Å². The van der Waals surface area contributed by atoms with Gasteiger partial charge in [-0.15, -0.1) is 11.3 Å². The molecule has 0 saturated carbocycles. The molecule has 0 aliphatic rings. The third kappa shape index (κ3) is 3.73. The predicted octanol–water partition coefficient (Wildman–Crippen LogP) is 5.46. The van der Waals surface area contributed by atoms with Gasteiger partial charge >= 0.3 is 5.63 Å². The number of methoxy groups -OCH3 is 1. The number of aromatic nitrogens is 1. The van der Waals surface area contributed by atoms with E-state index >= 15 is 0 Å². The Bertz CT molecular complexity index is 1400. The van der Waals surface area contributed by atoms with E-state index in [2.05, 4.69) is 27.0 Å². The molecule has 4 rings (SSSR count). The molecule has 8 heteroatoms. The Morgan fingerprint density at radius 2 is 2.13 bits per heavy atom. The molecular weight excluding hydrogens is 468 g/mol. The Morgan fingerprint density at radius 3 is 2.90 bits per heavy atom. The lowest BCUT2D eigenvalue weighted by Gasteiger charge is -2.06. The van der Waals surface area contributed by atoms with E-state index in [-0.39, 0.29) is 11.5 Å². The standard InChI is InChI=1S/C22H13BrN2O4S/c1-28-19-8-12(7-16(23)20(19)26)6-14(10-24)21-25-17(11-30-21)15-9-13-4-2-3-5-18(13)29-22(15)27/h2-9,11,26H,1H3/b14-6-. The van der Waals surface area contributed by atoms with Gasteiger partial charge in [0.1, 0.15) is 16.7 Å². The summed E-state index contributed by atoms with van der Waals surface area (Å²) in [5.41, 5.74) is 1.76. The van der Waals surface area contributed by atoms with Crippen LogP contribution in [0, 0.1) is 11.3 Å². The third-order valence-corrected chi connectivity index (χ3v) is 5.83. The van der Waals surface area contributed by atoms with Gasteiger partial charge in [-0.3, -0.25) is 0 Å². The zero-order chi connectivity index (χ0) is 21.3. The van der Waals surface area contributed by atoms with Crippen LogP contribution in [0.2, 0.25) is 0 Å². The lowest BCUT2D eigenvalue weighted by Crippen LogP contribution is -2.02. The second-order valence-electron chi connectivity index (χ2n) is 6.25. The van der Waals surface area contributed by atoms with E-state index in [1.54, 1.807) is 41.8 Å². The second-order valence-corrected chi connectivity index (χ2v) is 7.96. The van der Waals surface area contributed by atoms with E-state index in [0.29, 0.717) is 37.5 Å². The number of phenolic OH excluding ortho intramolecular Hbond substituents is 1. The minimum Gasteiger partial charge on any atom is -0.503 e. The van der Waals surface area contributed by atoms with Crippen LogP contribution in [-0.2, 0) is 0 Å². The fourth-order valence-electron chi connectivity index (χ4n) is 2.90. The first-order valence-electron chi connectivity index (χ1n) is 8.67. The molecule has 2 heterocycles. The number of ether oxygens (including phenoxy) is 1. The van der Waals surface area contributed by atoms with Crippen LogP contribution in [0.5, 0.6) is 11.5 Å². The number of rotatable bonds is 4. The van der Waals surface area contributed by atoms with Gasteiger partial charge in [0.05, 0.1) is 28.4 Å². The van der Waals surface area contributed by atoms with Crippen LogP contribution in [0.4, 0.5) is 0 Å². The van der Waals surface area contributed by atoms with Gasteiger partial charge in [-0.1, -0.05) is 18.2 Å². The number of nitrogens with zero attached hydrogens (tertiary/aromatic N) is 2. The molecule has 2 aromatic heterocycles. The quantitative estimate of drug-likeness (QED) is 0.307. The largest absolute Gasteiger partial charge is 0.503 e. The molecule has 0 saturated heterocycles. The monoisotopic (exact) mass is 480 g/mol. The minimum absolute atomic E-state index is 0.0206. The summed E-state index contributed by atoms with van der Waals surface area (Å²) in [4.78, 5) is 16.9. The van der Waals surface area contributed by atoms with Gasteiger partial charge in [0, 0.05) is 10.8 Å². The maximum Gasteiger partial charge on any atom is 0.345 e. The number of aromatic hydroxyl groups is 1. The Morgan fingerprint density at radius 1 is 1.33 bits per heavy atom. The average Bonchev–Trinajstić information content (AvgIpc) is 3.23. The minimum atomic E-state index is -0.486. The van der Waals surface area contributed by atoms with Gasteiger partial charge in [-0.2, -0.15) is 5.26 Å². The molecule has 30 heavy (non-hydrogen) atoms. The van der Waals surface area contributed by atoms with Gasteiger partial charge in [0.15, 0.2) is 11.5 Å². The molecule has 2 aromatic carbocycles. The van der Waals surface area contributed by atoms with Gasteiger partial charge < -0.3 is 14.3 Å². The fraction of sp³-hybridized carbons (Fsp3) is 0.0455.